The molecule has 4 rings (SSSR count). The van der Waals surface area contributed by atoms with Gasteiger partial charge in [-0.25, -0.2) is 8.78 Å². The Hall–Kier alpha value is -3.17. The lowest BCUT2D eigenvalue weighted by atomic mass is 9.87. The number of nitrogens with zero attached hydrogens (tertiary/aromatic N) is 3. The smallest absolute Gasteiger partial charge is 0.417 e. The molecule has 0 aliphatic carbocycles. The minimum Gasteiger partial charge on any atom is -0.467 e. The third kappa shape index (κ3) is 3.71. The number of hydrogen-bond donors (Lipinski definition) is 2. The van der Waals surface area contributed by atoms with Gasteiger partial charge < -0.3 is 15.8 Å². The van der Waals surface area contributed by atoms with Crippen LogP contribution in [0.2, 0.25) is 0 Å². The van der Waals surface area contributed by atoms with Crippen molar-refractivity contribution in [3.8, 4) is 23.2 Å². The fourth-order valence-electron chi connectivity index (χ4n) is 3.81. The Morgan fingerprint density at radius 1 is 1.27 bits per heavy atom. The van der Waals surface area contributed by atoms with Gasteiger partial charge in [-0.3, -0.25) is 0 Å². The van der Waals surface area contributed by atoms with Crippen LogP contribution in [0, 0.1) is 23.0 Å². The van der Waals surface area contributed by atoms with Gasteiger partial charge in [-0.1, -0.05) is 6.07 Å². The number of nitrogens with one attached hydrogen (secondary N) is 1. The molecule has 0 radical (unpaired) electrons. The molecule has 12 heteroatoms. The summed E-state index contributed by atoms with van der Waals surface area (Å²) in [5, 5.41) is 11.2. The first-order valence-electron chi connectivity index (χ1n) is 9.66. The van der Waals surface area contributed by atoms with Gasteiger partial charge in [-0.05, 0) is 30.2 Å². The van der Waals surface area contributed by atoms with Crippen LogP contribution in [0.15, 0.2) is 23.1 Å². The number of fused-ring (bicyclic) bond motifs is 2. The first-order valence-corrected chi connectivity index (χ1v) is 10.5. The lowest BCUT2D eigenvalue weighted by molar-refractivity contribution is -0.137. The molecule has 2 heterocycles. The molecule has 0 fully saturated rings. The van der Waals surface area contributed by atoms with Crippen molar-refractivity contribution in [2.24, 2.45) is 5.73 Å². The summed E-state index contributed by atoms with van der Waals surface area (Å²) in [5.41, 5.74) is 3.00. The Kier molecular flexibility index (Phi) is 5.79. The molecule has 6 nitrogen and oxygen atoms in total. The number of ether oxygens (including phenoxy) is 1. The molecule has 1 aliphatic rings. The fraction of sp³-hybridized carbons (Fsp3) is 0.286. The highest BCUT2D eigenvalue weighted by atomic mass is 32.2. The van der Waals surface area contributed by atoms with Gasteiger partial charge in [-0.15, -0.1) is 11.8 Å². The molecule has 0 saturated heterocycles. The number of hydrogen-bond acceptors (Lipinski definition) is 7. The summed E-state index contributed by atoms with van der Waals surface area (Å²) in [7, 11) is 1.24. The van der Waals surface area contributed by atoms with Crippen molar-refractivity contribution in [1.29, 1.82) is 5.26 Å². The predicted molar refractivity (Wildman–Crippen MR) is 113 cm³/mol. The van der Waals surface area contributed by atoms with E-state index in [1.807, 2.05) is 6.07 Å². The van der Waals surface area contributed by atoms with Gasteiger partial charge in [0.15, 0.2) is 5.82 Å². The van der Waals surface area contributed by atoms with Crippen LogP contribution >= 0.6 is 11.8 Å². The van der Waals surface area contributed by atoms with Crippen LogP contribution in [-0.2, 0) is 6.18 Å². The maximum Gasteiger partial charge on any atom is 0.417 e. The van der Waals surface area contributed by atoms with E-state index in [1.54, 1.807) is 6.92 Å². The number of rotatable bonds is 4. The number of alkyl halides is 3. The molecule has 1 aromatic heterocycles. The summed E-state index contributed by atoms with van der Waals surface area (Å²) in [6, 6.07) is 4.35. The van der Waals surface area contributed by atoms with Crippen molar-refractivity contribution >= 4 is 28.5 Å². The molecule has 2 aromatic carbocycles. The number of thioether (sulfide) groups is 1. The lowest BCUT2D eigenvalue weighted by Crippen LogP contribution is -2.19. The Labute approximate surface area is 189 Å². The van der Waals surface area contributed by atoms with Gasteiger partial charge >= 0.3 is 12.2 Å². The van der Waals surface area contributed by atoms with Crippen molar-refractivity contribution in [3.05, 3.63) is 41.0 Å². The number of aromatic nitrogens is 2. The first-order chi connectivity index (χ1) is 15.6. The van der Waals surface area contributed by atoms with Gasteiger partial charge in [0, 0.05) is 22.4 Å². The standard InChI is InChI=1S/C21H16F5N5OS/c1-3-29-19-9-6-11(21(24,25)26)14(15(23)16(9)30-20(31-19)32-2)8-4-5-12(22)17-13(8)10(7-27)18(28)33-17/h4-6,10,18H,3,28H2,1-2H3,(H,29,30,31). The summed E-state index contributed by atoms with van der Waals surface area (Å²) >= 11 is 0.818. The monoisotopic (exact) mass is 481 g/mol. The summed E-state index contributed by atoms with van der Waals surface area (Å²) in [5.74, 6) is -3.22. The highest BCUT2D eigenvalue weighted by Gasteiger charge is 2.41. The highest BCUT2D eigenvalue weighted by molar-refractivity contribution is 8.00. The Morgan fingerprint density at radius 3 is 2.61 bits per heavy atom. The van der Waals surface area contributed by atoms with Gasteiger partial charge in [-0.2, -0.15) is 28.4 Å². The highest BCUT2D eigenvalue weighted by Crippen LogP contribution is 2.51. The Bertz CT molecular complexity index is 1310. The van der Waals surface area contributed by atoms with Gasteiger partial charge in [0.25, 0.3) is 0 Å². The second-order valence-corrected chi connectivity index (χ2v) is 8.31. The SMILES string of the molecule is CCNc1nc(OC)nc2c(F)c(-c3ccc(F)c4c3C(C#N)C(N)S4)c(C(F)(F)F)cc12. The van der Waals surface area contributed by atoms with E-state index in [0.717, 1.165) is 30.0 Å². The topological polar surface area (TPSA) is 96.9 Å². The van der Waals surface area contributed by atoms with Crippen molar-refractivity contribution < 1.29 is 26.7 Å². The number of anilines is 1. The number of methoxy groups -OCH3 is 1. The zero-order valence-corrected chi connectivity index (χ0v) is 18.0. The number of halogens is 5. The van der Waals surface area contributed by atoms with E-state index in [4.69, 9.17) is 10.5 Å². The quantitative estimate of drug-likeness (QED) is 0.505. The van der Waals surface area contributed by atoms with E-state index in [1.165, 1.54) is 7.11 Å². The van der Waals surface area contributed by atoms with Crippen molar-refractivity contribution in [1.82, 2.24) is 9.97 Å². The fourth-order valence-corrected chi connectivity index (χ4v) is 4.96. The van der Waals surface area contributed by atoms with Crippen LogP contribution in [0.5, 0.6) is 6.01 Å². The molecule has 33 heavy (non-hydrogen) atoms. The molecule has 1 aliphatic heterocycles. The van der Waals surface area contributed by atoms with Crippen LogP contribution in [-0.4, -0.2) is 29.0 Å². The van der Waals surface area contributed by atoms with E-state index in [2.05, 4.69) is 15.3 Å². The zero-order valence-electron chi connectivity index (χ0n) is 17.2. The maximum atomic E-state index is 15.9. The summed E-state index contributed by atoms with van der Waals surface area (Å²) in [4.78, 5) is 7.84. The number of nitriles is 1. The minimum absolute atomic E-state index is 0.0351. The second kappa shape index (κ2) is 8.31. The van der Waals surface area contributed by atoms with E-state index < -0.39 is 45.7 Å². The van der Waals surface area contributed by atoms with Gasteiger partial charge in [0.2, 0.25) is 0 Å². The second-order valence-electron chi connectivity index (χ2n) is 7.12. The van der Waals surface area contributed by atoms with Crippen LogP contribution < -0.4 is 15.8 Å². The average Bonchev–Trinajstić information content (AvgIpc) is 3.11. The molecular formula is C21H16F5N5OS. The van der Waals surface area contributed by atoms with E-state index in [9.17, 15) is 22.8 Å². The molecule has 0 spiro atoms. The van der Waals surface area contributed by atoms with E-state index in [0.29, 0.717) is 6.54 Å². The molecule has 0 saturated carbocycles. The van der Waals surface area contributed by atoms with Gasteiger partial charge in [0.1, 0.15) is 17.2 Å². The molecule has 3 N–H and O–H groups in total. The summed E-state index contributed by atoms with van der Waals surface area (Å²) in [6.07, 6.45) is -4.98. The van der Waals surface area contributed by atoms with Crippen LogP contribution in [0.3, 0.4) is 0 Å². The minimum atomic E-state index is -4.98. The van der Waals surface area contributed by atoms with Crippen molar-refractivity contribution in [2.75, 3.05) is 19.0 Å². The first kappa shape index (κ1) is 23.0. The third-order valence-electron chi connectivity index (χ3n) is 5.19. The number of nitrogens with two attached hydrogens (primary N) is 1. The largest absolute Gasteiger partial charge is 0.467 e. The van der Waals surface area contributed by atoms with Crippen LogP contribution in [0.1, 0.15) is 24.0 Å². The van der Waals surface area contributed by atoms with E-state index >= 15 is 4.39 Å². The van der Waals surface area contributed by atoms with Crippen molar-refractivity contribution in [2.45, 2.75) is 29.3 Å². The predicted octanol–water partition coefficient (Wildman–Crippen LogP) is 5.03. The summed E-state index contributed by atoms with van der Waals surface area (Å²) < 4.78 is 77.8. The molecule has 0 amide bonds. The Morgan fingerprint density at radius 2 is 2.00 bits per heavy atom. The number of benzene rings is 2. The molecule has 172 valence electrons. The van der Waals surface area contributed by atoms with Crippen LogP contribution in [0.25, 0.3) is 22.0 Å². The molecule has 3 aromatic rings. The Balaban J connectivity index is 2.15. The third-order valence-corrected chi connectivity index (χ3v) is 6.39. The lowest BCUT2D eigenvalue weighted by Gasteiger charge is -2.20. The van der Waals surface area contributed by atoms with E-state index in [-0.39, 0.29) is 33.2 Å². The molecule has 2 atom stereocenters. The average molecular weight is 481 g/mol. The molecular weight excluding hydrogens is 465 g/mol. The normalized spacial score (nSPS) is 17.7. The van der Waals surface area contributed by atoms with Gasteiger partial charge in [0.05, 0.1) is 30.0 Å². The molecule has 0 bridgehead atoms. The maximum absolute atomic E-state index is 15.9. The van der Waals surface area contributed by atoms with Crippen molar-refractivity contribution in [3.63, 3.8) is 0 Å². The zero-order chi connectivity index (χ0) is 24.1. The summed E-state index contributed by atoms with van der Waals surface area (Å²) in [6.45, 7) is 1.99. The molecule has 2 unspecified atom stereocenters. The van der Waals surface area contributed by atoms with Crippen LogP contribution in [0.4, 0.5) is 27.8 Å².